The highest BCUT2D eigenvalue weighted by Gasteiger charge is 2.41. The maximum Gasteiger partial charge on any atom is 0.323 e. The number of aliphatic carboxylic acids is 1. The van der Waals surface area contributed by atoms with Gasteiger partial charge in [0, 0.05) is 32.2 Å². The molecule has 0 bridgehead atoms. The van der Waals surface area contributed by atoms with E-state index in [9.17, 15) is 9.90 Å². The van der Waals surface area contributed by atoms with E-state index in [1.807, 2.05) is 0 Å². The minimum atomic E-state index is -0.994. The Kier molecular flexibility index (Phi) is 3.70. The lowest BCUT2D eigenvalue weighted by Gasteiger charge is -2.43. The van der Waals surface area contributed by atoms with Gasteiger partial charge in [0.1, 0.15) is 5.54 Å². The summed E-state index contributed by atoms with van der Waals surface area (Å²) >= 11 is 0. The van der Waals surface area contributed by atoms with Gasteiger partial charge >= 0.3 is 5.97 Å². The minimum absolute atomic E-state index is 0.360. The van der Waals surface area contributed by atoms with Crippen LogP contribution in [0.25, 0.3) is 0 Å². The van der Waals surface area contributed by atoms with E-state index in [-0.39, 0.29) is 0 Å². The highest BCUT2D eigenvalue weighted by atomic mass is 16.4. The van der Waals surface area contributed by atoms with Crippen LogP contribution in [0, 0.1) is 0 Å². The van der Waals surface area contributed by atoms with Gasteiger partial charge in [-0.1, -0.05) is 0 Å². The fourth-order valence-electron chi connectivity index (χ4n) is 2.97. The van der Waals surface area contributed by atoms with Crippen molar-refractivity contribution in [1.82, 2.24) is 9.80 Å². The summed E-state index contributed by atoms with van der Waals surface area (Å²) < 4.78 is 0. The van der Waals surface area contributed by atoms with Crippen LogP contribution in [0.1, 0.15) is 25.7 Å². The standard InChI is InChI=1S/C12H23N3O2/c1-14-5-7-15(8-6-14)10-3-2-4-12(13,9-10)11(16)17/h10H,2-9,13H2,1H3,(H,16,17). The van der Waals surface area contributed by atoms with E-state index >= 15 is 0 Å². The zero-order valence-electron chi connectivity index (χ0n) is 10.6. The molecule has 0 aromatic heterocycles. The number of carboxylic acid groups (broad SMARTS) is 1. The maximum atomic E-state index is 11.2. The number of carboxylic acids is 1. The quantitative estimate of drug-likeness (QED) is 0.710. The number of rotatable bonds is 2. The molecule has 2 fully saturated rings. The molecule has 2 aliphatic rings. The van der Waals surface area contributed by atoms with Gasteiger partial charge in [-0.25, -0.2) is 0 Å². The van der Waals surface area contributed by atoms with E-state index in [0.717, 1.165) is 39.0 Å². The van der Waals surface area contributed by atoms with Gasteiger partial charge < -0.3 is 15.7 Å². The number of nitrogens with zero attached hydrogens (tertiary/aromatic N) is 2. The molecule has 1 heterocycles. The first kappa shape index (κ1) is 12.8. The summed E-state index contributed by atoms with van der Waals surface area (Å²) in [5, 5.41) is 9.20. The van der Waals surface area contributed by atoms with Crippen molar-refractivity contribution in [3.63, 3.8) is 0 Å². The van der Waals surface area contributed by atoms with Crippen LogP contribution in [0.2, 0.25) is 0 Å². The Labute approximate surface area is 103 Å². The van der Waals surface area contributed by atoms with Crippen LogP contribution in [0.5, 0.6) is 0 Å². The Balaban J connectivity index is 1.95. The third kappa shape index (κ3) is 2.78. The fourth-order valence-corrected chi connectivity index (χ4v) is 2.97. The van der Waals surface area contributed by atoms with Gasteiger partial charge in [-0.2, -0.15) is 0 Å². The molecule has 1 saturated heterocycles. The predicted molar refractivity (Wildman–Crippen MR) is 65.9 cm³/mol. The second kappa shape index (κ2) is 4.92. The molecular weight excluding hydrogens is 218 g/mol. The topological polar surface area (TPSA) is 69.8 Å². The first-order chi connectivity index (χ1) is 8.01. The summed E-state index contributed by atoms with van der Waals surface area (Å²) in [6.45, 7) is 4.22. The van der Waals surface area contributed by atoms with Crippen molar-refractivity contribution in [3.8, 4) is 0 Å². The maximum absolute atomic E-state index is 11.2. The van der Waals surface area contributed by atoms with Gasteiger partial charge in [0.05, 0.1) is 0 Å². The molecule has 0 spiro atoms. The molecule has 1 aliphatic heterocycles. The third-order valence-corrected chi connectivity index (χ3v) is 4.24. The van der Waals surface area contributed by atoms with Crippen LogP contribution in [-0.2, 0) is 4.79 Å². The van der Waals surface area contributed by atoms with Crippen LogP contribution in [0.15, 0.2) is 0 Å². The Morgan fingerprint density at radius 2 is 2.00 bits per heavy atom. The first-order valence-electron chi connectivity index (χ1n) is 6.46. The second-order valence-corrected chi connectivity index (χ2v) is 5.55. The number of hydrogen-bond acceptors (Lipinski definition) is 4. The molecule has 2 rings (SSSR count). The van der Waals surface area contributed by atoms with Crippen molar-refractivity contribution in [2.75, 3.05) is 33.2 Å². The highest BCUT2D eigenvalue weighted by Crippen LogP contribution is 2.30. The smallest absolute Gasteiger partial charge is 0.323 e. The number of likely N-dealkylation sites (N-methyl/N-ethyl adjacent to an activating group) is 1. The van der Waals surface area contributed by atoms with E-state index < -0.39 is 11.5 Å². The molecule has 0 radical (unpaired) electrons. The SMILES string of the molecule is CN1CCN(C2CCCC(N)(C(=O)O)C2)CC1. The Bertz CT molecular complexity index is 289. The van der Waals surface area contributed by atoms with Crippen LogP contribution >= 0.6 is 0 Å². The molecule has 5 nitrogen and oxygen atoms in total. The van der Waals surface area contributed by atoms with E-state index in [4.69, 9.17) is 5.73 Å². The zero-order chi connectivity index (χ0) is 12.5. The molecule has 5 heteroatoms. The van der Waals surface area contributed by atoms with Crippen LogP contribution in [0.4, 0.5) is 0 Å². The van der Waals surface area contributed by atoms with Gasteiger partial charge in [-0.3, -0.25) is 9.69 Å². The number of hydrogen-bond donors (Lipinski definition) is 2. The van der Waals surface area contributed by atoms with Crippen molar-refractivity contribution < 1.29 is 9.90 Å². The third-order valence-electron chi connectivity index (χ3n) is 4.24. The molecular formula is C12H23N3O2. The van der Waals surface area contributed by atoms with Gasteiger partial charge in [-0.05, 0) is 32.7 Å². The van der Waals surface area contributed by atoms with E-state index in [0.29, 0.717) is 18.9 Å². The average Bonchev–Trinajstić information content (AvgIpc) is 2.30. The Morgan fingerprint density at radius 1 is 1.35 bits per heavy atom. The summed E-state index contributed by atoms with van der Waals surface area (Å²) in [7, 11) is 2.13. The van der Waals surface area contributed by atoms with E-state index in [1.165, 1.54) is 0 Å². The molecule has 1 aliphatic carbocycles. The highest BCUT2D eigenvalue weighted by molar-refractivity contribution is 5.78. The molecule has 2 atom stereocenters. The minimum Gasteiger partial charge on any atom is -0.480 e. The molecule has 1 saturated carbocycles. The van der Waals surface area contributed by atoms with Crippen molar-refractivity contribution >= 4 is 5.97 Å². The summed E-state index contributed by atoms with van der Waals surface area (Å²) in [4.78, 5) is 15.9. The Hall–Kier alpha value is -0.650. The van der Waals surface area contributed by atoms with Gasteiger partial charge in [-0.15, -0.1) is 0 Å². The van der Waals surface area contributed by atoms with Gasteiger partial charge in [0.15, 0.2) is 0 Å². The van der Waals surface area contributed by atoms with Crippen molar-refractivity contribution in [2.24, 2.45) is 5.73 Å². The number of carbonyl (C=O) groups is 1. The monoisotopic (exact) mass is 241 g/mol. The van der Waals surface area contributed by atoms with Crippen LogP contribution in [0.3, 0.4) is 0 Å². The van der Waals surface area contributed by atoms with E-state index in [1.54, 1.807) is 0 Å². The molecule has 3 N–H and O–H groups in total. The summed E-state index contributed by atoms with van der Waals surface area (Å²) in [6.07, 6.45) is 3.24. The van der Waals surface area contributed by atoms with Crippen molar-refractivity contribution in [3.05, 3.63) is 0 Å². The van der Waals surface area contributed by atoms with Crippen molar-refractivity contribution in [2.45, 2.75) is 37.3 Å². The fraction of sp³-hybridized carbons (Fsp3) is 0.917. The summed E-state index contributed by atoms with van der Waals surface area (Å²) in [5.41, 5.74) is 5.00. The van der Waals surface area contributed by atoms with Gasteiger partial charge in [0.2, 0.25) is 0 Å². The first-order valence-corrected chi connectivity index (χ1v) is 6.46. The molecule has 0 amide bonds. The van der Waals surface area contributed by atoms with Crippen molar-refractivity contribution in [1.29, 1.82) is 0 Å². The molecule has 0 aromatic carbocycles. The normalized spacial score (nSPS) is 36.9. The number of piperazine rings is 1. The second-order valence-electron chi connectivity index (χ2n) is 5.55. The summed E-state index contributed by atoms with van der Waals surface area (Å²) in [6, 6.07) is 0.360. The van der Waals surface area contributed by atoms with Gasteiger partial charge in [0.25, 0.3) is 0 Å². The van der Waals surface area contributed by atoms with Crippen LogP contribution < -0.4 is 5.73 Å². The molecule has 17 heavy (non-hydrogen) atoms. The predicted octanol–water partition coefficient (Wildman–Crippen LogP) is -0.0415. The average molecular weight is 241 g/mol. The Morgan fingerprint density at radius 3 is 2.59 bits per heavy atom. The largest absolute Gasteiger partial charge is 0.480 e. The summed E-state index contributed by atoms with van der Waals surface area (Å²) in [5.74, 6) is -0.837. The molecule has 2 unspecified atom stereocenters. The zero-order valence-corrected chi connectivity index (χ0v) is 10.6. The van der Waals surface area contributed by atoms with E-state index in [2.05, 4.69) is 16.8 Å². The lowest BCUT2D eigenvalue weighted by Crippen LogP contribution is -2.58. The van der Waals surface area contributed by atoms with Crippen LogP contribution in [-0.4, -0.2) is 65.7 Å². The molecule has 0 aromatic rings. The number of nitrogens with two attached hydrogens (primary N) is 1. The lowest BCUT2D eigenvalue weighted by molar-refractivity contribution is -0.145. The molecule has 98 valence electrons. The lowest BCUT2D eigenvalue weighted by atomic mass is 9.79.